The quantitative estimate of drug-likeness (QED) is 0.379. The molecule has 2 N–H and O–H groups in total. The summed E-state index contributed by atoms with van der Waals surface area (Å²) in [6, 6.07) is 0. The summed E-state index contributed by atoms with van der Waals surface area (Å²) in [6.07, 6.45) is 7.00. The topological polar surface area (TPSA) is 40.5 Å². The first kappa shape index (κ1) is 14.7. The summed E-state index contributed by atoms with van der Waals surface area (Å²) >= 11 is 0. The molecule has 60 valence electrons. The van der Waals surface area contributed by atoms with Crippen molar-refractivity contribution < 1.29 is 27.0 Å². The Labute approximate surface area is 94.8 Å². The van der Waals surface area contributed by atoms with Crippen molar-refractivity contribution in [2.75, 3.05) is 0 Å². The number of rotatable bonds is 1. The van der Waals surface area contributed by atoms with E-state index >= 15 is 0 Å². The van der Waals surface area contributed by atoms with Crippen LogP contribution in [0.1, 0.15) is 25.7 Å². The smallest absolute Gasteiger partial charge is 1.00 e. The second-order valence-corrected chi connectivity index (χ2v) is 2.62. The SMILES string of the molecule is OB(O)C1CC1.[Br-].[CH-]1CC1.[Mg+2]. The van der Waals surface area contributed by atoms with Crippen LogP contribution < -0.4 is 17.0 Å². The normalized spacial score (nSPS) is 18.0. The summed E-state index contributed by atoms with van der Waals surface area (Å²) in [7, 11) is -1.04. The van der Waals surface area contributed by atoms with E-state index in [1.165, 1.54) is 12.8 Å². The molecule has 0 bridgehead atoms. The molecule has 0 amide bonds. The second kappa shape index (κ2) is 7.86. The molecular formula is C6H12BBrMgO2. The van der Waals surface area contributed by atoms with Crippen LogP contribution in [0, 0.1) is 6.42 Å². The van der Waals surface area contributed by atoms with Gasteiger partial charge in [0.1, 0.15) is 0 Å². The Kier molecular flexibility index (Phi) is 10.5. The third kappa shape index (κ3) is 11.2. The summed E-state index contributed by atoms with van der Waals surface area (Å²) in [5.74, 6) is 0.213. The summed E-state index contributed by atoms with van der Waals surface area (Å²) in [4.78, 5) is 0. The van der Waals surface area contributed by atoms with Crippen LogP contribution in [-0.4, -0.2) is 40.2 Å². The van der Waals surface area contributed by atoms with Crippen LogP contribution in [0.4, 0.5) is 0 Å². The van der Waals surface area contributed by atoms with Gasteiger partial charge in [-0.1, -0.05) is 12.8 Å². The van der Waals surface area contributed by atoms with Crippen molar-refractivity contribution in [3.05, 3.63) is 6.42 Å². The van der Waals surface area contributed by atoms with E-state index in [9.17, 15) is 0 Å². The van der Waals surface area contributed by atoms with Crippen LogP contribution >= 0.6 is 0 Å². The van der Waals surface area contributed by atoms with Crippen molar-refractivity contribution in [1.82, 2.24) is 0 Å². The van der Waals surface area contributed by atoms with E-state index in [1.807, 2.05) is 0 Å². The molecule has 5 heteroatoms. The van der Waals surface area contributed by atoms with Gasteiger partial charge >= 0.3 is 30.2 Å². The van der Waals surface area contributed by atoms with Gasteiger partial charge in [0, 0.05) is 0 Å². The average Bonchev–Trinajstić information content (AvgIpc) is 2.64. The molecule has 0 aromatic heterocycles. The molecule has 0 atom stereocenters. The van der Waals surface area contributed by atoms with Crippen molar-refractivity contribution in [3.8, 4) is 0 Å². The van der Waals surface area contributed by atoms with Gasteiger partial charge in [-0.3, -0.25) is 0 Å². The Balaban J connectivity index is 0. The minimum absolute atomic E-state index is 0. The fourth-order valence-electron chi connectivity index (χ4n) is 0.394. The molecule has 0 radical (unpaired) electrons. The fourth-order valence-corrected chi connectivity index (χ4v) is 0.394. The van der Waals surface area contributed by atoms with Gasteiger partial charge in [0.15, 0.2) is 0 Å². The zero-order valence-corrected chi connectivity index (χ0v) is 9.54. The molecular weight excluding hydrogens is 219 g/mol. The molecule has 0 saturated heterocycles. The largest absolute Gasteiger partial charge is 2.00 e. The number of halogens is 1. The van der Waals surface area contributed by atoms with Gasteiger partial charge in [-0.05, 0) is 5.82 Å². The van der Waals surface area contributed by atoms with Crippen LogP contribution in [0.15, 0.2) is 0 Å². The first-order valence-corrected chi connectivity index (χ1v) is 3.48. The van der Waals surface area contributed by atoms with Crippen molar-refractivity contribution in [1.29, 1.82) is 0 Å². The minimum Gasteiger partial charge on any atom is -1.00 e. The maximum absolute atomic E-state index is 8.25. The van der Waals surface area contributed by atoms with Crippen LogP contribution in [0.25, 0.3) is 0 Å². The Hall–Kier alpha value is 1.23. The molecule has 2 saturated carbocycles. The predicted molar refractivity (Wildman–Crippen MR) is 42.5 cm³/mol. The maximum Gasteiger partial charge on any atom is 2.00 e. The second-order valence-electron chi connectivity index (χ2n) is 2.62. The van der Waals surface area contributed by atoms with E-state index < -0.39 is 7.12 Å². The molecule has 0 aliphatic heterocycles. The molecule has 2 rings (SSSR count). The van der Waals surface area contributed by atoms with Crippen molar-refractivity contribution in [3.63, 3.8) is 0 Å². The first-order chi connectivity index (χ1) is 4.30. The zero-order chi connectivity index (χ0) is 6.69. The van der Waals surface area contributed by atoms with E-state index in [-0.39, 0.29) is 45.9 Å². The average molecular weight is 231 g/mol. The molecule has 11 heavy (non-hydrogen) atoms. The molecule has 0 heterocycles. The Morgan fingerprint density at radius 3 is 1.55 bits per heavy atom. The summed E-state index contributed by atoms with van der Waals surface area (Å²) < 4.78 is 0. The summed E-state index contributed by atoms with van der Waals surface area (Å²) in [6.45, 7) is 0. The van der Waals surface area contributed by atoms with Crippen LogP contribution in [0.2, 0.25) is 5.82 Å². The summed E-state index contributed by atoms with van der Waals surface area (Å²) in [5.41, 5.74) is 0. The molecule has 2 nitrogen and oxygen atoms in total. The Bertz CT molecular complexity index is 85.9. The zero-order valence-electron chi connectivity index (χ0n) is 6.54. The monoisotopic (exact) mass is 230 g/mol. The first-order valence-electron chi connectivity index (χ1n) is 3.48. The van der Waals surface area contributed by atoms with Gasteiger partial charge in [0.05, 0.1) is 0 Å². The standard InChI is InChI=1S/C3H7BO2.C3H5.BrH.Mg/c5-4(6)3-1-2-3;1-2-3-1;;/h3,5-6H,1-2H2;1H,2-3H2;1H;/q;-1;;+2/p-1. The van der Waals surface area contributed by atoms with Crippen molar-refractivity contribution in [2.24, 2.45) is 0 Å². The van der Waals surface area contributed by atoms with Gasteiger partial charge in [-0.25, -0.2) is 12.8 Å². The van der Waals surface area contributed by atoms with Gasteiger partial charge in [-0.15, -0.1) is 0 Å². The van der Waals surface area contributed by atoms with E-state index in [0.717, 1.165) is 12.8 Å². The number of hydrogen-bond acceptors (Lipinski definition) is 2. The Morgan fingerprint density at radius 1 is 1.18 bits per heavy atom. The van der Waals surface area contributed by atoms with E-state index in [1.54, 1.807) is 0 Å². The molecule has 2 aliphatic carbocycles. The van der Waals surface area contributed by atoms with Gasteiger partial charge < -0.3 is 33.5 Å². The van der Waals surface area contributed by atoms with Crippen molar-refractivity contribution in [2.45, 2.75) is 31.5 Å². The van der Waals surface area contributed by atoms with Gasteiger partial charge in [-0.2, -0.15) is 0 Å². The van der Waals surface area contributed by atoms with Crippen LogP contribution in [-0.2, 0) is 0 Å². The fraction of sp³-hybridized carbons (Fsp3) is 0.833. The van der Waals surface area contributed by atoms with Gasteiger partial charge in [0.2, 0.25) is 0 Å². The van der Waals surface area contributed by atoms with E-state index in [4.69, 9.17) is 10.0 Å². The Morgan fingerprint density at radius 2 is 1.55 bits per heavy atom. The van der Waals surface area contributed by atoms with Crippen molar-refractivity contribution >= 4 is 30.2 Å². The van der Waals surface area contributed by atoms with E-state index in [2.05, 4.69) is 6.42 Å². The molecule has 0 aromatic carbocycles. The number of hydrogen-bond donors (Lipinski definition) is 2. The molecule has 2 fully saturated rings. The van der Waals surface area contributed by atoms with Crippen LogP contribution in [0.3, 0.4) is 0 Å². The van der Waals surface area contributed by atoms with Crippen LogP contribution in [0.5, 0.6) is 0 Å². The maximum atomic E-state index is 8.25. The third-order valence-electron chi connectivity index (χ3n) is 1.33. The molecule has 2 aliphatic rings. The predicted octanol–water partition coefficient (Wildman–Crippen LogP) is -2.77. The minimum atomic E-state index is -1.04. The summed E-state index contributed by atoms with van der Waals surface area (Å²) in [5, 5.41) is 16.5. The van der Waals surface area contributed by atoms with Gasteiger partial charge in [0.25, 0.3) is 0 Å². The van der Waals surface area contributed by atoms with E-state index in [0.29, 0.717) is 0 Å². The third-order valence-corrected chi connectivity index (χ3v) is 1.33. The molecule has 0 unspecified atom stereocenters. The molecule has 0 aromatic rings. The molecule has 0 spiro atoms.